The van der Waals surface area contributed by atoms with Crippen molar-refractivity contribution in [1.29, 1.82) is 0 Å². The average Bonchev–Trinajstić information content (AvgIpc) is 3.74. The van der Waals surface area contributed by atoms with Crippen molar-refractivity contribution in [2.75, 3.05) is 0 Å². The lowest BCUT2D eigenvalue weighted by Gasteiger charge is -2.15. The van der Waals surface area contributed by atoms with E-state index in [1.54, 1.807) is 0 Å². The summed E-state index contributed by atoms with van der Waals surface area (Å²) < 4.78 is 4.90. The van der Waals surface area contributed by atoms with Crippen LogP contribution >= 0.6 is 0 Å². The zero-order valence-corrected chi connectivity index (χ0v) is 28.1. The zero-order chi connectivity index (χ0) is 34.2. The lowest BCUT2D eigenvalue weighted by atomic mass is 10.0. The summed E-state index contributed by atoms with van der Waals surface area (Å²) in [4.78, 5) is 10.4. The van der Waals surface area contributed by atoms with Crippen LogP contribution in [0, 0.1) is 0 Å². The molecule has 8 aromatic carbocycles. The van der Waals surface area contributed by atoms with Gasteiger partial charge < -0.3 is 9.13 Å². The second-order valence-corrected chi connectivity index (χ2v) is 13.4. The van der Waals surface area contributed by atoms with E-state index in [-0.39, 0.29) is 0 Å². The van der Waals surface area contributed by atoms with Crippen molar-refractivity contribution in [3.05, 3.63) is 182 Å². The molecule has 0 amide bonds. The number of nitrogens with zero attached hydrogens (tertiary/aromatic N) is 4. The maximum absolute atomic E-state index is 5.22. The van der Waals surface area contributed by atoms with Gasteiger partial charge in [-0.15, -0.1) is 0 Å². The van der Waals surface area contributed by atoms with Crippen LogP contribution in [0.4, 0.5) is 0 Å². The van der Waals surface area contributed by atoms with Gasteiger partial charge in [0, 0.05) is 49.4 Å². The van der Waals surface area contributed by atoms with Crippen LogP contribution in [0.1, 0.15) is 0 Å². The second kappa shape index (κ2) is 11.2. The van der Waals surface area contributed by atoms with Crippen LogP contribution in [0.25, 0.3) is 99.3 Å². The van der Waals surface area contributed by atoms with Crippen molar-refractivity contribution in [1.82, 2.24) is 19.1 Å². The minimum Gasteiger partial charge on any atom is -0.307 e. The van der Waals surface area contributed by atoms with Gasteiger partial charge in [-0.1, -0.05) is 140 Å². The number of benzene rings is 8. The molecule has 0 atom stereocenters. The highest BCUT2D eigenvalue weighted by Crippen LogP contribution is 2.42. The van der Waals surface area contributed by atoms with Gasteiger partial charge in [-0.2, -0.15) is 0 Å². The van der Waals surface area contributed by atoms with Gasteiger partial charge in [0.05, 0.1) is 33.3 Å². The third-order valence-electron chi connectivity index (χ3n) is 10.5. The predicted molar refractivity (Wildman–Crippen MR) is 217 cm³/mol. The average molecular weight is 663 g/mol. The van der Waals surface area contributed by atoms with Crippen LogP contribution in [0.3, 0.4) is 0 Å². The molecule has 0 aliphatic rings. The lowest BCUT2D eigenvalue weighted by Crippen LogP contribution is -2.00. The summed E-state index contributed by atoms with van der Waals surface area (Å²) in [6.45, 7) is 0. The van der Waals surface area contributed by atoms with Gasteiger partial charge >= 0.3 is 0 Å². The Balaban J connectivity index is 1.26. The summed E-state index contributed by atoms with van der Waals surface area (Å²) in [5.74, 6) is 0.713. The molecule has 4 nitrogen and oxygen atoms in total. The first-order valence-corrected chi connectivity index (χ1v) is 17.7. The molecule has 0 bridgehead atoms. The Morgan fingerprint density at radius 3 is 1.54 bits per heavy atom. The molecule has 3 heterocycles. The van der Waals surface area contributed by atoms with Crippen molar-refractivity contribution >= 4 is 65.3 Å². The van der Waals surface area contributed by atoms with Crippen molar-refractivity contribution in [3.8, 4) is 34.0 Å². The van der Waals surface area contributed by atoms with Crippen LogP contribution in [0.5, 0.6) is 0 Å². The summed E-state index contributed by atoms with van der Waals surface area (Å²) >= 11 is 0. The number of hydrogen-bond donors (Lipinski definition) is 0. The smallest absolute Gasteiger partial charge is 0.160 e. The molecule has 0 radical (unpaired) electrons. The van der Waals surface area contributed by atoms with E-state index in [1.165, 1.54) is 48.9 Å². The Morgan fingerprint density at radius 1 is 0.346 bits per heavy atom. The van der Waals surface area contributed by atoms with Gasteiger partial charge in [0.2, 0.25) is 0 Å². The summed E-state index contributed by atoms with van der Waals surface area (Å²) in [7, 11) is 0. The summed E-state index contributed by atoms with van der Waals surface area (Å²) in [6, 6.07) is 64.9. The number of aromatic nitrogens is 4. The van der Waals surface area contributed by atoms with E-state index in [9.17, 15) is 0 Å². The molecule has 0 fully saturated rings. The molecular formula is C48H30N4. The summed E-state index contributed by atoms with van der Waals surface area (Å²) in [5, 5.41) is 8.35. The van der Waals surface area contributed by atoms with Crippen molar-refractivity contribution in [3.63, 3.8) is 0 Å². The molecule has 0 N–H and O–H groups in total. The Kier molecular flexibility index (Phi) is 6.22. The quantitative estimate of drug-likeness (QED) is 0.188. The van der Waals surface area contributed by atoms with E-state index >= 15 is 0 Å². The van der Waals surface area contributed by atoms with Crippen LogP contribution in [0.2, 0.25) is 0 Å². The van der Waals surface area contributed by atoms with Gasteiger partial charge in [0.1, 0.15) is 0 Å². The predicted octanol–water partition coefficient (Wildman–Crippen LogP) is 12.3. The summed E-state index contributed by atoms with van der Waals surface area (Å²) in [6.07, 6.45) is 0. The fourth-order valence-corrected chi connectivity index (χ4v) is 8.14. The normalized spacial score (nSPS) is 11.8. The Morgan fingerprint density at radius 2 is 0.865 bits per heavy atom. The highest BCUT2D eigenvalue weighted by Gasteiger charge is 2.22. The minimum atomic E-state index is 0.713. The van der Waals surface area contributed by atoms with E-state index in [2.05, 4.69) is 167 Å². The molecule has 0 unspecified atom stereocenters. The first-order valence-electron chi connectivity index (χ1n) is 17.7. The highest BCUT2D eigenvalue weighted by molar-refractivity contribution is 6.24. The van der Waals surface area contributed by atoms with Gasteiger partial charge in [-0.25, -0.2) is 9.97 Å². The topological polar surface area (TPSA) is 35.6 Å². The molecule has 4 heteroatoms. The van der Waals surface area contributed by atoms with Crippen LogP contribution in [0.15, 0.2) is 182 Å². The van der Waals surface area contributed by atoms with Crippen molar-refractivity contribution in [2.45, 2.75) is 0 Å². The largest absolute Gasteiger partial charge is 0.307 e. The van der Waals surface area contributed by atoms with Crippen LogP contribution in [-0.2, 0) is 0 Å². The Labute approximate surface area is 299 Å². The number of para-hydroxylation sites is 2. The molecule has 0 aliphatic carbocycles. The van der Waals surface area contributed by atoms with Crippen molar-refractivity contribution in [2.24, 2.45) is 0 Å². The summed E-state index contributed by atoms with van der Waals surface area (Å²) in [5.41, 5.74) is 10.8. The highest BCUT2D eigenvalue weighted by atomic mass is 15.0. The molecule has 242 valence electrons. The zero-order valence-electron chi connectivity index (χ0n) is 28.1. The van der Waals surface area contributed by atoms with Gasteiger partial charge in [0.15, 0.2) is 5.82 Å². The van der Waals surface area contributed by atoms with Crippen LogP contribution < -0.4 is 0 Å². The Bertz CT molecular complexity index is 3170. The van der Waals surface area contributed by atoms with Gasteiger partial charge in [-0.05, 0) is 53.2 Å². The molecule has 0 aliphatic heterocycles. The molecule has 0 saturated heterocycles. The van der Waals surface area contributed by atoms with E-state index in [0.29, 0.717) is 5.82 Å². The fourth-order valence-electron chi connectivity index (χ4n) is 8.14. The number of fused-ring (bicyclic) bond motifs is 9. The first kappa shape index (κ1) is 28.8. The fraction of sp³-hybridized carbons (Fsp3) is 0. The van der Waals surface area contributed by atoms with E-state index < -0.39 is 0 Å². The third kappa shape index (κ3) is 4.28. The first-order chi connectivity index (χ1) is 25.8. The maximum Gasteiger partial charge on any atom is 0.160 e. The van der Waals surface area contributed by atoms with E-state index in [4.69, 9.17) is 9.97 Å². The standard InChI is InChI=1S/C48H30N4/c1-3-14-32(15-4-1)45-41-26-25-36(30-42(41)49-48(50-45)33-16-5-2-6-17-33)52-44-22-12-10-20-38(44)40-28-27-39-37-19-9-11-21-43(37)51(46(39)47(40)52)35-24-23-31-13-7-8-18-34(31)29-35/h1-30H. The lowest BCUT2D eigenvalue weighted by molar-refractivity contribution is 1.15. The number of hydrogen-bond acceptors (Lipinski definition) is 2. The minimum absolute atomic E-state index is 0.713. The maximum atomic E-state index is 5.22. The van der Waals surface area contributed by atoms with Gasteiger partial charge in [0.25, 0.3) is 0 Å². The molecule has 11 aromatic rings. The Hall–Kier alpha value is -7.04. The van der Waals surface area contributed by atoms with Crippen molar-refractivity contribution < 1.29 is 0 Å². The van der Waals surface area contributed by atoms with E-state index in [1.807, 2.05) is 24.3 Å². The number of rotatable bonds is 4. The molecular weight excluding hydrogens is 633 g/mol. The molecule has 11 rings (SSSR count). The monoisotopic (exact) mass is 662 g/mol. The SMILES string of the molecule is c1ccc(-c2nc(-c3ccccc3)c3ccc(-n4c5ccccc5c5ccc6c7ccccc7n(-c7ccc8ccccc8c7)c6c54)cc3n2)cc1. The molecule has 52 heavy (non-hydrogen) atoms. The third-order valence-corrected chi connectivity index (χ3v) is 10.5. The molecule has 3 aromatic heterocycles. The van der Waals surface area contributed by atoms with Crippen LogP contribution in [-0.4, -0.2) is 19.1 Å². The molecule has 0 saturated carbocycles. The second-order valence-electron chi connectivity index (χ2n) is 13.4. The molecule has 0 spiro atoms. The van der Waals surface area contributed by atoms with E-state index in [0.717, 1.165) is 44.6 Å². The van der Waals surface area contributed by atoms with Gasteiger partial charge in [-0.3, -0.25) is 0 Å².